The van der Waals surface area contributed by atoms with Crippen molar-refractivity contribution in [3.63, 3.8) is 0 Å². The van der Waals surface area contributed by atoms with Crippen molar-refractivity contribution in [2.75, 3.05) is 14.1 Å². The van der Waals surface area contributed by atoms with Crippen molar-refractivity contribution in [2.45, 2.75) is 20.3 Å². The molecule has 1 N–H and O–H groups in total. The molecule has 0 radical (unpaired) electrons. The van der Waals surface area contributed by atoms with Crippen LogP contribution in [0, 0.1) is 5.92 Å². The predicted octanol–water partition coefficient (Wildman–Crippen LogP) is 2.94. The average molecular weight is 242 g/mol. The Bertz CT molecular complexity index is 323. The van der Waals surface area contributed by atoms with E-state index in [1.807, 2.05) is 52.2 Å². The smallest absolute Gasteiger partial charge is 0.139 e. The predicted molar refractivity (Wildman–Crippen MR) is 70.0 cm³/mol. The van der Waals surface area contributed by atoms with Gasteiger partial charge in [-0.05, 0) is 25.7 Å². The third-order valence-electron chi connectivity index (χ3n) is 1.97. The number of ketones is 1. The molecule has 0 aliphatic rings. The van der Waals surface area contributed by atoms with Gasteiger partial charge in [0.2, 0.25) is 0 Å². The monoisotopic (exact) mass is 241 g/mol. The summed E-state index contributed by atoms with van der Waals surface area (Å²) in [5.41, 5.74) is 0.919. The van der Waals surface area contributed by atoms with Gasteiger partial charge in [-0.15, -0.1) is 0 Å². The molecule has 0 saturated carbocycles. The minimum atomic E-state index is 0.0799. The fraction of sp³-hybridized carbons (Fsp3) is 0.462. The molecule has 0 atom stereocenters. The molecule has 90 valence electrons. The molecule has 0 spiro atoms. The molecular formula is C13H20ClNO. The number of hydrogen-bond donors (Lipinski definition) is 1. The number of hydrogen-bond acceptors (Lipinski definition) is 2. The first kappa shape index (κ1) is 15.1. The standard InChI is InChI=1S/C11H13ClO.C2H7N/c1-8(2)11(13)7-9-5-3-4-6-10(9)12;1-3-2/h3-6,8H,7H2,1-2H3;3H,1-2H3. The third-order valence-corrected chi connectivity index (χ3v) is 2.34. The first-order valence-electron chi connectivity index (χ1n) is 5.37. The van der Waals surface area contributed by atoms with Crippen molar-refractivity contribution in [1.82, 2.24) is 5.32 Å². The van der Waals surface area contributed by atoms with Gasteiger partial charge in [0.25, 0.3) is 0 Å². The van der Waals surface area contributed by atoms with E-state index in [1.165, 1.54) is 0 Å². The summed E-state index contributed by atoms with van der Waals surface area (Å²) < 4.78 is 0. The summed E-state index contributed by atoms with van der Waals surface area (Å²) in [6.45, 7) is 3.80. The number of benzene rings is 1. The number of rotatable bonds is 3. The molecule has 1 rings (SSSR count). The minimum Gasteiger partial charge on any atom is -0.323 e. The molecule has 2 nitrogen and oxygen atoms in total. The highest BCUT2D eigenvalue weighted by atomic mass is 35.5. The van der Waals surface area contributed by atoms with Crippen molar-refractivity contribution in [1.29, 1.82) is 0 Å². The van der Waals surface area contributed by atoms with Crippen LogP contribution in [0.15, 0.2) is 24.3 Å². The molecule has 1 aromatic rings. The Morgan fingerprint density at radius 3 is 2.25 bits per heavy atom. The Morgan fingerprint density at radius 1 is 1.31 bits per heavy atom. The van der Waals surface area contributed by atoms with Crippen molar-refractivity contribution >= 4 is 17.4 Å². The van der Waals surface area contributed by atoms with Gasteiger partial charge < -0.3 is 5.32 Å². The molecule has 16 heavy (non-hydrogen) atoms. The summed E-state index contributed by atoms with van der Waals surface area (Å²) in [4.78, 5) is 11.4. The van der Waals surface area contributed by atoms with Crippen LogP contribution < -0.4 is 5.32 Å². The molecule has 0 aromatic heterocycles. The second-order valence-electron chi connectivity index (χ2n) is 3.89. The van der Waals surface area contributed by atoms with Gasteiger partial charge in [-0.25, -0.2) is 0 Å². The molecule has 0 bridgehead atoms. The SMILES string of the molecule is CC(C)C(=O)Cc1ccccc1Cl.CNC. The molecule has 0 aliphatic heterocycles. The molecule has 0 fully saturated rings. The fourth-order valence-electron chi connectivity index (χ4n) is 1.03. The number of nitrogens with one attached hydrogen (secondary N) is 1. The van der Waals surface area contributed by atoms with Crippen LogP contribution in [-0.4, -0.2) is 19.9 Å². The highest BCUT2D eigenvalue weighted by Crippen LogP contribution is 2.16. The quantitative estimate of drug-likeness (QED) is 0.882. The molecule has 3 heteroatoms. The number of Topliss-reactive ketones (excluding diaryl/α,β-unsaturated/α-hetero) is 1. The summed E-state index contributed by atoms with van der Waals surface area (Å²) in [7, 11) is 3.75. The van der Waals surface area contributed by atoms with Crippen molar-refractivity contribution in [3.05, 3.63) is 34.9 Å². The molecule has 0 saturated heterocycles. The van der Waals surface area contributed by atoms with Crippen LogP contribution in [0.25, 0.3) is 0 Å². The summed E-state index contributed by atoms with van der Waals surface area (Å²) >= 11 is 5.92. The zero-order valence-electron chi connectivity index (χ0n) is 10.4. The van der Waals surface area contributed by atoms with E-state index in [0.717, 1.165) is 5.56 Å². The van der Waals surface area contributed by atoms with E-state index in [1.54, 1.807) is 0 Å². The zero-order valence-corrected chi connectivity index (χ0v) is 11.1. The second-order valence-corrected chi connectivity index (χ2v) is 4.30. The lowest BCUT2D eigenvalue weighted by molar-refractivity contribution is -0.121. The number of carbonyl (C=O) groups is 1. The van der Waals surface area contributed by atoms with Crippen LogP contribution in [-0.2, 0) is 11.2 Å². The highest BCUT2D eigenvalue weighted by molar-refractivity contribution is 6.31. The maximum atomic E-state index is 11.4. The maximum absolute atomic E-state index is 11.4. The zero-order chi connectivity index (χ0) is 12.6. The third kappa shape index (κ3) is 5.89. The topological polar surface area (TPSA) is 29.1 Å². The second kappa shape index (κ2) is 8.31. The lowest BCUT2D eigenvalue weighted by Crippen LogP contribution is -2.10. The van der Waals surface area contributed by atoms with Gasteiger partial charge in [0.15, 0.2) is 0 Å². The Hall–Kier alpha value is -0.860. The van der Waals surface area contributed by atoms with Crippen LogP contribution in [0.3, 0.4) is 0 Å². The highest BCUT2D eigenvalue weighted by Gasteiger charge is 2.09. The van der Waals surface area contributed by atoms with Crippen molar-refractivity contribution < 1.29 is 4.79 Å². The van der Waals surface area contributed by atoms with Gasteiger partial charge in [0.05, 0.1) is 0 Å². The molecule has 1 aromatic carbocycles. The summed E-state index contributed by atoms with van der Waals surface area (Å²) in [6, 6.07) is 7.47. The largest absolute Gasteiger partial charge is 0.323 e. The average Bonchev–Trinajstić information content (AvgIpc) is 2.22. The van der Waals surface area contributed by atoms with Crippen molar-refractivity contribution in [2.24, 2.45) is 5.92 Å². The van der Waals surface area contributed by atoms with Crippen LogP contribution >= 0.6 is 11.6 Å². The van der Waals surface area contributed by atoms with Crippen LogP contribution in [0.5, 0.6) is 0 Å². The van der Waals surface area contributed by atoms with Gasteiger partial charge in [-0.3, -0.25) is 4.79 Å². The van der Waals surface area contributed by atoms with Crippen LogP contribution in [0.4, 0.5) is 0 Å². The number of carbonyl (C=O) groups excluding carboxylic acids is 1. The Morgan fingerprint density at radius 2 is 1.81 bits per heavy atom. The molecule has 0 heterocycles. The van der Waals surface area contributed by atoms with E-state index in [2.05, 4.69) is 5.32 Å². The van der Waals surface area contributed by atoms with E-state index in [4.69, 9.17) is 11.6 Å². The lowest BCUT2D eigenvalue weighted by Gasteiger charge is -2.05. The molecule has 0 aliphatic carbocycles. The maximum Gasteiger partial charge on any atom is 0.139 e. The Kier molecular flexibility index (Phi) is 7.86. The van der Waals surface area contributed by atoms with E-state index in [-0.39, 0.29) is 11.7 Å². The first-order chi connectivity index (χ1) is 7.52. The van der Waals surface area contributed by atoms with E-state index in [0.29, 0.717) is 11.4 Å². The van der Waals surface area contributed by atoms with Gasteiger partial charge in [-0.2, -0.15) is 0 Å². The van der Waals surface area contributed by atoms with Crippen molar-refractivity contribution in [3.8, 4) is 0 Å². The lowest BCUT2D eigenvalue weighted by atomic mass is 10.0. The van der Waals surface area contributed by atoms with Crippen LogP contribution in [0.2, 0.25) is 5.02 Å². The summed E-state index contributed by atoms with van der Waals surface area (Å²) in [5, 5.41) is 3.43. The Balaban J connectivity index is 0.000000673. The first-order valence-corrected chi connectivity index (χ1v) is 5.75. The van der Waals surface area contributed by atoms with E-state index >= 15 is 0 Å². The van der Waals surface area contributed by atoms with Gasteiger partial charge in [0, 0.05) is 17.4 Å². The molecule has 0 unspecified atom stereocenters. The van der Waals surface area contributed by atoms with E-state index < -0.39 is 0 Å². The van der Waals surface area contributed by atoms with Crippen LogP contribution in [0.1, 0.15) is 19.4 Å². The Labute approximate surface area is 103 Å². The molecule has 0 amide bonds. The van der Waals surface area contributed by atoms with E-state index in [9.17, 15) is 4.79 Å². The normalized spacial score (nSPS) is 9.62. The summed E-state index contributed by atoms with van der Waals surface area (Å²) in [6.07, 6.45) is 0.442. The van der Waals surface area contributed by atoms with Gasteiger partial charge in [0.1, 0.15) is 5.78 Å². The van der Waals surface area contributed by atoms with Gasteiger partial charge >= 0.3 is 0 Å². The van der Waals surface area contributed by atoms with Gasteiger partial charge in [-0.1, -0.05) is 43.6 Å². The summed E-state index contributed by atoms with van der Waals surface area (Å²) in [5.74, 6) is 0.310. The number of halogens is 1. The molecular weight excluding hydrogens is 222 g/mol. The minimum absolute atomic E-state index is 0.0799. The fourth-order valence-corrected chi connectivity index (χ4v) is 1.24.